The van der Waals surface area contributed by atoms with E-state index in [2.05, 4.69) is 71.9 Å². The van der Waals surface area contributed by atoms with Crippen molar-refractivity contribution in [3.8, 4) is 11.5 Å². The molecule has 0 aliphatic carbocycles. The van der Waals surface area contributed by atoms with Crippen molar-refractivity contribution >= 4 is 59.8 Å². The van der Waals surface area contributed by atoms with Gasteiger partial charge in [0.1, 0.15) is 17.2 Å². The summed E-state index contributed by atoms with van der Waals surface area (Å²) in [4.78, 5) is 39.5. The van der Waals surface area contributed by atoms with E-state index in [-0.39, 0.29) is 26.8 Å². The van der Waals surface area contributed by atoms with Gasteiger partial charge in [-0.05, 0) is 91.4 Å². The highest BCUT2D eigenvalue weighted by Gasteiger charge is 2.30. The summed E-state index contributed by atoms with van der Waals surface area (Å²) >= 11 is 3.56. The Balaban J connectivity index is 1.12. The van der Waals surface area contributed by atoms with E-state index in [9.17, 15) is 18.1 Å². The highest BCUT2D eigenvalue weighted by Crippen LogP contribution is 2.35. The molecule has 4 aromatic carbocycles. The number of sulfonamides is 1. The summed E-state index contributed by atoms with van der Waals surface area (Å²) in [7, 11) is -3.25. The van der Waals surface area contributed by atoms with Crippen LogP contribution in [0.25, 0.3) is 10.9 Å². The lowest BCUT2D eigenvalue weighted by Crippen LogP contribution is -2.47. The molecule has 1 aromatic heterocycles. The van der Waals surface area contributed by atoms with Gasteiger partial charge in [-0.3, -0.25) is 9.69 Å². The van der Waals surface area contributed by atoms with Gasteiger partial charge >= 0.3 is 5.69 Å². The Kier molecular flexibility index (Phi) is 12.8. The number of aromatic amines is 1. The van der Waals surface area contributed by atoms with E-state index in [0.29, 0.717) is 43.2 Å². The second-order valence-corrected chi connectivity index (χ2v) is 17.0. The third kappa shape index (κ3) is 9.61. The fourth-order valence-electron chi connectivity index (χ4n) is 7.53. The third-order valence-electron chi connectivity index (χ3n) is 10.7. The highest BCUT2D eigenvalue weighted by molar-refractivity contribution is 9.10. The predicted molar refractivity (Wildman–Crippen MR) is 224 cm³/mol. The number of piperazine rings is 1. The molecule has 15 heteroatoms. The number of nitrogens with zero attached hydrogens (tertiary/aromatic N) is 3. The maximum atomic E-state index is 13.9. The molecule has 2 aliphatic heterocycles. The number of amides is 1. The standard InChI is InChI=1S/C42H47BrN6O7S/c1-3-4-39(30-5-7-32(43)8-6-30)48-21-19-47(20-22-48)33-9-12-36(41(26-33)56-34-10-13-37-31(25-34)15-18-44-37)42(50)46-57(52,53)35-11-14-38(40(27-35)49(51)54-2)45-28-29-16-23-55-24-17-29/h5-15,18,25-27,29,39,44H,3-4,16-17,19-24,28H2,1-2H3,(H-,45,46,50,51)/p+1. The SMILES string of the molecule is CCCC(c1ccc(Br)cc1)N1CCN(c2ccc(C(=O)NS(=O)(=O)c3ccc(NCC4CCOCC4)c([N+](=O)OC)c3)c(Oc3ccc4[nH]ccc4c3)c2)CC1. The Morgan fingerprint density at radius 2 is 1.75 bits per heavy atom. The minimum Gasteiger partial charge on any atom is -0.456 e. The number of carbonyl (C=O) groups is 1. The van der Waals surface area contributed by atoms with E-state index in [4.69, 9.17) is 14.3 Å². The number of rotatable bonds is 15. The number of fused-ring (bicyclic) bond motifs is 1. The molecule has 2 aliphatic rings. The van der Waals surface area contributed by atoms with Crippen molar-refractivity contribution in [2.45, 2.75) is 43.5 Å². The van der Waals surface area contributed by atoms with E-state index < -0.39 is 15.9 Å². The number of nitrogens with one attached hydrogen (secondary N) is 3. The van der Waals surface area contributed by atoms with E-state index >= 15 is 0 Å². The van der Waals surface area contributed by atoms with Crippen molar-refractivity contribution in [3.63, 3.8) is 0 Å². The molecule has 13 nitrogen and oxygen atoms in total. The van der Waals surface area contributed by atoms with Crippen molar-refractivity contribution in [3.05, 3.63) is 112 Å². The van der Waals surface area contributed by atoms with Crippen molar-refractivity contribution in [1.29, 1.82) is 0 Å². The number of halogens is 1. The Hall–Kier alpha value is -4.96. The molecule has 0 spiro atoms. The molecular weight excluding hydrogens is 812 g/mol. The first kappa shape index (κ1) is 40.2. The van der Waals surface area contributed by atoms with Crippen LogP contribution in [0.2, 0.25) is 0 Å². The molecule has 300 valence electrons. The number of anilines is 2. The zero-order valence-electron chi connectivity index (χ0n) is 32.1. The van der Waals surface area contributed by atoms with Gasteiger partial charge in [0, 0.05) is 91.4 Å². The number of aromatic nitrogens is 1. The van der Waals surface area contributed by atoms with Crippen LogP contribution in [-0.4, -0.2) is 82.2 Å². The molecule has 1 unspecified atom stereocenters. The summed E-state index contributed by atoms with van der Waals surface area (Å²) in [5, 5.41) is 4.17. The van der Waals surface area contributed by atoms with Crippen LogP contribution in [0.3, 0.4) is 0 Å². The van der Waals surface area contributed by atoms with Crippen LogP contribution in [-0.2, 0) is 19.6 Å². The third-order valence-corrected chi connectivity index (χ3v) is 12.5. The van der Waals surface area contributed by atoms with Crippen LogP contribution in [0.5, 0.6) is 11.5 Å². The van der Waals surface area contributed by atoms with E-state index in [1.807, 2.05) is 30.5 Å². The normalized spacial score (nSPS) is 15.9. The quantitative estimate of drug-likeness (QED) is 0.0880. The van der Waals surface area contributed by atoms with Gasteiger partial charge in [0.25, 0.3) is 20.9 Å². The molecule has 0 bridgehead atoms. The van der Waals surface area contributed by atoms with E-state index in [1.54, 1.807) is 18.2 Å². The summed E-state index contributed by atoms with van der Waals surface area (Å²) < 4.78 is 42.6. The summed E-state index contributed by atoms with van der Waals surface area (Å²) in [6.07, 6.45) is 5.71. The Labute approximate surface area is 341 Å². The molecule has 1 atom stereocenters. The van der Waals surface area contributed by atoms with Crippen LogP contribution in [0.1, 0.15) is 54.6 Å². The van der Waals surface area contributed by atoms with Gasteiger partial charge in [-0.2, -0.15) is 0 Å². The largest absolute Gasteiger partial charge is 0.456 e. The van der Waals surface area contributed by atoms with Crippen molar-refractivity contribution < 1.29 is 32.4 Å². The first-order valence-electron chi connectivity index (χ1n) is 19.3. The molecule has 0 radical (unpaired) electrons. The zero-order valence-corrected chi connectivity index (χ0v) is 34.5. The number of hydrogen-bond acceptors (Lipinski definition) is 10. The molecule has 3 N–H and O–H groups in total. The first-order chi connectivity index (χ1) is 27.6. The maximum Gasteiger partial charge on any atom is 0.340 e. The van der Waals surface area contributed by atoms with Gasteiger partial charge in [-0.1, -0.05) is 41.4 Å². The molecule has 3 heterocycles. The average Bonchev–Trinajstić information content (AvgIpc) is 3.70. The topological polar surface area (TPSA) is 145 Å². The van der Waals surface area contributed by atoms with Gasteiger partial charge in [0.15, 0.2) is 7.11 Å². The number of ether oxygens (including phenoxy) is 2. The fraction of sp³-hybridized carbons (Fsp3) is 0.357. The molecular formula is C42H48BrN6O7S+. The van der Waals surface area contributed by atoms with Crippen molar-refractivity contribution in [2.75, 3.05) is 63.3 Å². The van der Waals surface area contributed by atoms with Gasteiger partial charge in [0.05, 0.1) is 15.4 Å². The number of benzene rings is 4. The van der Waals surface area contributed by atoms with Gasteiger partial charge < -0.3 is 24.7 Å². The van der Waals surface area contributed by atoms with Crippen LogP contribution >= 0.6 is 15.9 Å². The molecule has 57 heavy (non-hydrogen) atoms. The van der Waals surface area contributed by atoms with Crippen LogP contribution in [0, 0.1) is 10.8 Å². The van der Waals surface area contributed by atoms with Gasteiger partial charge in [0.2, 0.25) is 0 Å². The molecule has 2 saturated heterocycles. The molecule has 1 amide bonds. The second-order valence-electron chi connectivity index (χ2n) is 14.4. The summed E-state index contributed by atoms with van der Waals surface area (Å²) in [5.74, 6) is 0.154. The van der Waals surface area contributed by atoms with E-state index in [0.717, 1.165) is 72.9 Å². The second kappa shape index (κ2) is 18.1. The minimum absolute atomic E-state index is 0.0330. The number of H-pyrrole nitrogens is 1. The lowest BCUT2D eigenvalue weighted by atomic mass is 9.99. The predicted octanol–water partition coefficient (Wildman–Crippen LogP) is 8.32. The molecule has 0 saturated carbocycles. The van der Waals surface area contributed by atoms with Crippen molar-refractivity contribution in [1.82, 2.24) is 14.6 Å². The average molecular weight is 861 g/mol. The Morgan fingerprint density at radius 3 is 2.49 bits per heavy atom. The van der Waals surface area contributed by atoms with Crippen LogP contribution in [0.15, 0.2) is 100 Å². The Morgan fingerprint density at radius 1 is 0.982 bits per heavy atom. The van der Waals surface area contributed by atoms with Gasteiger partial charge in [-0.15, -0.1) is 0 Å². The molecule has 7 rings (SSSR count). The van der Waals surface area contributed by atoms with Gasteiger partial charge in [-0.25, -0.2) is 18.0 Å². The minimum atomic E-state index is -4.45. The Bertz CT molecular complexity index is 2310. The summed E-state index contributed by atoms with van der Waals surface area (Å²) in [5.41, 5.74) is 3.48. The highest BCUT2D eigenvalue weighted by atomic mass is 79.9. The number of carbonyl (C=O) groups excluding carboxylic acids is 1. The van der Waals surface area contributed by atoms with Crippen LogP contribution in [0.4, 0.5) is 17.1 Å². The van der Waals surface area contributed by atoms with Crippen molar-refractivity contribution in [2.24, 2.45) is 5.92 Å². The molecule has 5 aromatic rings. The maximum absolute atomic E-state index is 13.9. The summed E-state index contributed by atoms with van der Waals surface area (Å²) in [6, 6.07) is 25.6. The lowest BCUT2D eigenvalue weighted by molar-refractivity contribution is -0.736. The van der Waals surface area contributed by atoms with E-state index in [1.165, 1.54) is 30.9 Å². The smallest absolute Gasteiger partial charge is 0.340 e. The zero-order chi connectivity index (χ0) is 39.9. The lowest BCUT2D eigenvalue weighted by Gasteiger charge is -2.40. The van der Waals surface area contributed by atoms with Crippen LogP contribution < -0.4 is 19.7 Å². The summed E-state index contributed by atoms with van der Waals surface area (Å²) in [6.45, 7) is 7.33. The fourth-order valence-corrected chi connectivity index (χ4v) is 8.78. The monoisotopic (exact) mass is 859 g/mol. The number of hydrogen-bond donors (Lipinski definition) is 3. The molecule has 2 fully saturated rings. The first-order valence-corrected chi connectivity index (χ1v) is 21.6.